The lowest BCUT2D eigenvalue weighted by Gasteiger charge is -2.27. The van der Waals surface area contributed by atoms with E-state index in [0.717, 1.165) is 0 Å². The summed E-state index contributed by atoms with van der Waals surface area (Å²) < 4.78 is 0. The minimum Gasteiger partial charge on any atom is -0.0885 e. The van der Waals surface area contributed by atoms with E-state index in [9.17, 15) is 0 Å². The fourth-order valence-corrected chi connectivity index (χ4v) is 6.10. The molecule has 0 aromatic carbocycles. The molecule has 0 nitrogen and oxygen atoms in total. The first-order chi connectivity index (χ1) is 19.3. The first-order valence-electron chi connectivity index (χ1n) is 18.6. The summed E-state index contributed by atoms with van der Waals surface area (Å²) in [6.45, 7) is 14.7. The Kier molecular flexibility index (Phi) is 28.2. The van der Waals surface area contributed by atoms with Crippen LogP contribution in [0, 0.1) is 10.8 Å². The van der Waals surface area contributed by atoms with Gasteiger partial charge in [0.25, 0.3) is 0 Å². The van der Waals surface area contributed by atoms with Gasteiger partial charge in [-0.05, 0) is 87.9 Å². The molecule has 238 valence electrons. The molecule has 0 N–H and O–H groups in total. The molecule has 0 fully saturated rings. The molecule has 0 saturated carbocycles. The summed E-state index contributed by atoms with van der Waals surface area (Å²) in [5.41, 5.74) is 1.06. The van der Waals surface area contributed by atoms with Gasteiger partial charge in [0.1, 0.15) is 0 Å². The molecule has 0 heterocycles. The molecule has 0 amide bonds. The van der Waals surface area contributed by atoms with E-state index in [4.69, 9.17) is 0 Å². The Hall–Kier alpha value is -0.520. The molecule has 0 aliphatic carbocycles. The lowest BCUT2D eigenvalue weighted by molar-refractivity contribution is 0.252. The van der Waals surface area contributed by atoms with Gasteiger partial charge < -0.3 is 0 Å². The molecular weight excluding hydrogens is 480 g/mol. The van der Waals surface area contributed by atoms with Crippen molar-refractivity contribution in [3.8, 4) is 0 Å². The Bertz CT molecular complexity index is 498. The third-order valence-electron chi connectivity index (χ3n) is 9.19. The van der Waals surface area contributed by atoms with Gasteiger partial charge in [0, 0.05) is 0 Å². The van der Waals surface area contributed by atoms with E-state index < -0.39 is 0 Å². The number of unbranched alkanes of at least 4 members (excludes halogenated alkanes) is 19. The maximum Gasteiger partial charge on any atom is -0.0351 e. The van der Waals surface area contributed by atoms with Crippen LogP contribution in [-0.4, -0.2) is 0 Å². The van der Waals surface area contributed by atoms with Crippen LogP contribution in [-0.2, 0) is 0 Å². The molecule has 0 atom stereocenters. The number of hydrogen-bond donors (Lipinski definition) is 0. The minimum atomic E-state index is 0.528. The monoisotopic (exact) mass is 559 g/mol. The molecule has 0 heteroatoms. The fourth-order valence-electron chi connectivity index (χ4n) is 6.10. The third-order valence-corrected chi connectivity index (χ3v) is 9.19. The van der Waals surface area contributed by atoms with Gasteiger partial charge in [0.2, 0.25) is 0 Å². The summed E-state index contributed by atoms with van der Waals surface area (Å²) in [4.78, 5) is 0. The second kappa shape index (κ2) is 28.6. The van der Waals surface area contributed by atoms with Crippen molar-refractivity contribution in [3.05, 3.63) is 24.3 Å². The maximum atomic E-state index is 2.51. The zero-order valence-corrected chi connectivity index (χ0v) is 29.1. The van der Waals surface area contributed by atoms with Crippen LogP contribution in [0.2, 0.25) is 0 Å². The van der Waals surface area contributed by atoms with E-state index >= 15 is 0 Å². The highest BCUT2D eigenvalue weighted by Gasteiger charge is 2.20. The van der Waals surface area contributed by atoms with E-state index in [-0.39, 0.29) is 0 Å². The molecule has 0 aliphatic rings. The van der Waals surface area contributed by atoms with Crippen molar-refractivity contribution >= 4 is 0 Å². The van der Waals surface area contributed by atoms with E-state index in [1.54, 1.807) is 0 Å². The van der Waals surface area contributed by atoms with Crippen LogP contribution in [0.1, 0.15) is 221 Å². The highest BCUT2D eigenvalue weighted by molar-refractivity contribution is 4.82. The summed E-state index contributed by atoms with van der Waals surface area (Å²) in [7, 11) is 0. The minimum absolute atomic E-state index is 0.528. The molecule has 0 saturated heterocycles. The number of rotatable bonds is 31. The second-order valence-corrected chi connectivity index (χ2v) is 14.8. The van der Waals surface area contributed by atoms with Crippen molar-refractivity contribution in [2.75, 3.05) is 0 Å². The summed E-state index contributed by atoms with van der Waals surface area (Å²) in [5.74, 6) is 0. The number of hydrogen-bond acceptors (Lipinski definition) is 0. The van der Waals surface area contributed by atoms with Crippen LogP contribution in [0.25, 0.3) is 0 Å². The molecule has 0 aliphatic heterocycles. The molecule has 0 unspecified atom stereocenters. The van der Waals surface area contributed by atoms with Crippen molar-refractivity contribution in [1.29, 1.82) is 0 Å². The molecule has 0 spiro atoms. The van der Waals surface area contributed by atoms with E-state index in [1.807, 2.05) is 0 Å². The first-order valence-corrected chi connectivity index (χ1v) is 18.6. The summed E-state index contributed by atoms with van der Waals surface area (Å²) >= 11 is 0. The lowest BCUT2D eigenvalue weighted by atomic mass is 9.78. The Morgan fingerprint density at radius 2 is 0.525 bits per heavy atom. The van der Waals surface area contributed by atoms with Gasteiger partial charge in [-0.15, -0.1) is 0 Å². The quantitative estimate of drug-likeness (QED) is 0.0586. The summed E-state index contributed by atoms with van der Waals surface area (Å²) in [6, 6.07) is 0. The van der Waals surface area contributed by atoms with Gasteiger partial charge in [-0.1, -0.05) is 169 Å². The van der Waals surface area contributed by atoms with Crippen molar-refractivity contribution < 1.29 is 0 Å². The predicted octanol–water partition coefficient (Wildman–Crippen LogP) is 15.1. The molecule has 0 bridgehead atoms. The lowest BCUT2D eigenvalue weighted by Crippen LogP contribution is -2.13. The van der Waals surface area contributed by atoms with Gasteiger partial charge in [0.05, 0.1) is 0 Å². The second-order valence-electron chi connectivity index (χ2n) is 14.8. The standard InChI is InChI=1S/C40H78/c1-7-9-11-13-15-17-19-21-23-25-27-29-31-35-39(3,4)37-33-34-38-40(5,6)36-32-30-28-26-24-22-20-18-16-14-12-10-8-2/h21-24H,7-20,25-38H2,1-6H3/b23-21-,24-22-. The van der Waals surface area contributed by atoms with Gasteiger partial charge in [-0.2, -0.15) is 0 Å². The Labute approximate surface area is 256 Å². The van der Waals surface area contributed by atoms with E-state index in [0.29, 0.717) is 10.8 Å². The SMILES string of the molecule is CCCCCCCC/C=C\CCCCCC(C)(C)CCCCC(C)(C)CCCCC/C=C\CCCCCCCC. The molecule has 0 rings (SSSR count). The molecule has 0 radical (unpaired) electrons. The van der Waals surface area contributed by atoms with Crippen molar-refractivity contribution in [1.82, 2.24) is 0 Å². The molecule has 0 aromatic heterocycles. The van der Waals surface area contributed by atoms with Crippen molar-refractivity contribution in [2.24, 2.45) is 10.8 Å². The average Bonchev–Trinajstić information content (AvgIpc) is 2.92. The van der Waals surface area contributed by atoms with Crippen LogP contribution >= 0.6 is 0 Å². The molecule has 40 heavy (non-hydrogen) atoms. The smallest absolute Gasteiger partial charge is 0.0351 e. The maximum absolute atomic E-state index is 2.51. The van der Waals surface area contributed by atoms with Crippen LogP contribution in [0.15, 0.2) is 24.3 Å². The third kappa shape index (κ3) is 30.4. The van der Waals surface area contributed by atoms with Crippen LogP contribution < -0.4 is 0 Å². The van der Waals surface area contributed by atoms with Gasteiger partial charge in [0.15, 0.2) is 0 Å². The van der Waals surface area contributed by atoms with E-state index in [1.165, 1.54) is 180 Å². The normalized spacial score (nSPS) is 12.8. The predicted molar refractivity (Wildman–Crippen MR) is 186 cm³/mol. The average molecular weight is 559 g/mol. The number of allylic oxidation sites excluding steroid dienone is 4. The molecular formula is C40H78. The summed E-state index contributed by atoms with van der Waals surface area (Å²) in [6.07, 6.45) is 48.8. The van der Waals surface area contributed by atoms with Gasteiger partial charge >= 0.3 is 0 Å². The van der Waals surface area contributed by atoms with Crippen molar-refractivity contribution in [2.45, 2.75) is 221 Å². The Morgan fingerprint density at radius 1 is 0.300 bits per heavy atom. The zero-order valence-electron chi connectivity index (χ0n) is 29.1. The highest BCUT2D eigenvalue weighted by atomic mass is 14.3. The van der Waals surface area contributed by atoms with Crippen LogP contribution in [0.5, 0.6) is 0 Å². The topological polar surface area (TPSA) is 0 Å². The summed E-state index contributed by atoms with van der Waals surface area (Å²) in [5, 5.41) is 0. The Balaban J connectivity index is 3.62. The van der Waals surface area contributed by atoms with Gasteiger partial charge in [-0.25, -0.2) is 0 Å². The fraction of sp³-hybridized carbons (Fsp3) is 0.900. The zero-order chi connectivity index (χ0) is 29.6. The van der Waals surface area contributed by atoms with Gasteiger partial charge in [-0.3, -0.25) is 0 Å². The molecule has 0 aromatic rings. The van der Waals surface area contributed by atoms with Crippen LogP contribution in [0.4, 0.5) is 0 Å². The van der Waals surface area contributed by atoms with Crippen molar-refractivity contribution in [3.63, 3.8) is 0 Å². The highest BCUT2D eigenvalue weighted by Crippen LogP contribution is 2.34. The first kappa shape index (κ1) is 39.5. The van der Waals surface area contributed by atoms with E-state index in [2.05, 4.69) is 65.8 Å². The largest absolute Gasteiger partial charge is 0.0885 e. The van der Waals surface area contributed by atoms with Crippen LogP contribution in [0.3, 0.4) is 0 Å². The Morgan fingerprint density at radius 3 is 0.825 bits per heavy atom.